The molecule has 0 aliphatic rings. The number of hydrogen-bond acceptors (Lipinski definition) is 4. The van der Waals surface area contributed by atoms with Crippen molar-refractivity contribution in [1.29, 1.82) is 0 Å². The predicted octanol–water partition coefficient (Wildman–Crippen LogP) is -0.0102. The molecule has 0 aromatic rings. The molecular weight excluding hydrogens is 190 g/mol. The van der Waals surface area contributed by atoms with Crippen LogP contribution in [-0.4, -0.2) is 39.3 Å². The molecule has 0 aromatic heterocycles. The summed E-state index contributed by atoms with van der Waals surface area (Å²) in [5.41, 5.74) is 0. The summed E-state index contributed by atoms with van der Waals surface area (Å²) < 4.78 is 21.4. The van der Waals surface area contributed by atoms with Crippen molar-refractivity contribution in [3.8, 4) is 0 Å². The molecule has 0 unspecified atom stereocenters. The van der Waals surface area contributed by atoms with Gasteiger partial charge < -0.3 is 5.32 Å². The molecule has 4 nitrogen and oxygen atoms in total. The van der Waals surface area contributed by atoms with Gasteiger partial charge in [0.1, 0.15) is 15.6 Å². The summed E-state index contributed by atoms with van der Waals surface area (Å²) in [6.07, 6.45) is 1.96. The van der Waals surface area contributed by atoms with Crippen LogP contribution in [-0.2, 0) is 14.6 Å². The molecule has 0 aliphatic carbocycles. The van der Waals surface area contributed by atoms with Crippen LogP contribution in [0.1, 0.15) is 19.8 Å². The highest BCUT2D eigenvalue weighted by molar-refractivity contribution is 7.90. The number of likely N-dealkylation sites (N-methyl/N-ethyl adjacent to an activating group) is 1. The van der Waals surface area contributed by atoms with Crippen LogP contribution in [0, 0.1) is 0 Å². The predicted molar refractivity (Wildman–Crippen MR) is 52.5 cm³/mol. The first-order chi connectivity index (χ1) is 5.95. The highest BCUT2D eigenvalue weighted by atomic mass is 32.2. The molecule has 78 valence electrons. The van der Waals surface area contributed by atoms with Gasteiger partial charge in [0.15, 0.2) is 0 Å². The number of Topliss-reactive ketones (excluding diaryl/α,β-unsaturated/α-hetero) is 1. The van der Waals surface area contributed by atoms with Gasteiger partial charge in [-0.2, -0.15) is 0 Å². The summed E-state index contributed by atoms with van der Waals surface area (Å²) in [7, 11) is -2.91. The van der Waals surface area contributed by atoms with Crippen LogP contribution < -0.4 is 5.32 Å². The Hall–Kier alpha value is -0.420. The van der Waals surface area contributed by atoms with Gasteiger partial charge >= 0.3 is 0 Å². The number of carbonyl (C=O) groups is 1. The van der Waals surface area contributed by atoms with Crippen molar-refractivity contribution in [2.45, 2.75) is 19.8 Å². The molecule has 0 spiro atoms. The maximum Gasteiger partial charge on any atom is 0.147 e. The minimum absolute atomic E-state index is 0.0745. The van der Waals surface area contributed by atoms with Crippen molar-refractivity contribution in [2.24, 2.45) is 0 Å². The Kier molecular flexibility index (Phi) is 5.90. The molecule has 0 aromatic carbocycles. The number of hydrogen-bond donors (Lipinski definition) is 1. The average Bonchev–Trinajstić information content (AvgIpc) is 1.98. The van der Waals surface area contributed by atoms with Crippen molar-refractivity contribution in [2.75, 3.05) is 25.1 Å². The maximum atomic E-state index is 11.0. The third kappa shape index (κ3) is 9.49. The van der Waals surface area contributed by atoms with Gasteiger partial charge in [0.25, 0.3) is 0 Å². The Morgan fingerprint density at radius 2 is 2.00 bits per heavy atom. The molecule has 13 heavy (non-hydrogen) atoms. The van der Waals surface area contributed by atoms with Gasteiger partial charge in [-0.25, -0.2) is 8.42 Å². The molecule has 0 aliphatic heterocycles. The average molecular weight is 207 g/mol. The highest BCUT2D eigenvalue weighted by Crippen LogP contribution is 1.94. The molecule has 0 rings (SSSR count). The van der Waals surface area contributed by atoms with Crippen LogP contribution in [0.4, 0.5) is 0 Å². The first-order valence-corrected chi connectivity index (χ1v) is 6.42. The lowest BCUT2D eigenvalue weighted by Crippen LogP contribution is -2.22. The van der Waals surface area contributed by atoms with Crippen LogP contribution in [0.15, 0.2) is 0 Å². The van der Waals surface area contributed by atoms with Crippen molar-refractivity contribution < 1.29 is 13.2 Å². The molecule has 0 fully saturated rings. The quantitative estimate of drug-likeness (QED) is 0.638. The van der Waals surface area contributed by atoms with E-state index in [-0.39, 0.29) is 11.5 Å². The van der Waals surface area contributed by atoms with Crippen molar-refractivity contribution in [3.63, 3.8) is 0 Å². The van der Waals surface area contributed by atoms with E-state index >= 15 is 0 Å². The van der Waals surface area contributed by atoms with E-state index in [1.807, 2.05) is 6.92 Å². The van der Waals surface area contributed by atoms with Crippen molar-refractivity contribution in [1.82, 2.24) is 5.32 Å². The molecule has 1 N–H and O–H groups in total. The first kappa shape index (κ1) is 12.6. The fourth-order valence-electron chi connectivity index (χ4n) is 0.884. The minimum Gasteiger partial charge on any atom is -0.310 e. The summed E-state index contributed by atoms with van der Waals surface area (Å²) in [4.78, 5) is 11.0. The highest BCUT2D eigenvalue weighted by Gasteiger charge is 2.05. The Balaban J connectivity index is 3.49. The van der Waals surface area contributed by atoms with E-state index < -0.39 is 9.84 Å². The Morgan fingerprint density at radius 3 is 2.46 bits per heavy atom. The maximum absolute atomic E-state index is 11.0. The van der Waals surface area contributed by atoms with Crippen LogP contribution in [0.3, 0.4) is 0 Å². The lowest BCUT2D eigenvalue weighted by Gasteiger charge is -2.00. The van der Waals surface area contributed by atoms with E-state index in [2.05, 4.69) is 5.32 Å². The van der Waals surface area contributed by atoms with Crippen LogP contribution in [0.2, 0.25) is 0 Å². The minimum atomic E-state index is -2.91. The summed E-state index contributed by atoms with van der Waals surface area (Å²) in [6.45, 7) is 3.03. The summed E-state index contributed by atoms with van der Waals surface area (Å²) in [5.74, 6) is 0.177. The van der Waals surface area contributed by atoms with Gasteiger partial charge in [-0.15, -0.1) is 0 Å². The summed E-state index contributed by atoms with van der Waals surface area (Å²) in [6, 6.07) is 0. The molecule has 0 saturated carbocycles. The van der Waals surface area contributed by atoms with E-state index in [4.69, 9.17) is 0 Å². The molecular formula is C8H17NO3S. The second-order valence-corrected chi connectivity index (χ2v) is 5.31. The number of ketones is 1. The topological polar surface area (TPSA) is 63.2 Å². The largest absolute Gasteiger partial charge is 0.310 e. The van der Waals surface area contributed by atoms with Gasteiger partial charge in [-0.05, 0) is 13.0 Å². The zero-order chi connectivity index (χ0) is 10.3. The van der Waals surface area contributed by atoms with Gasteiger partial charge in [0, 0.05) is 12.7 Å². The van der Waals surface area contributed by atoms with E-state index in [1.165, 1.54) is 6.26 Å². The first-order valence-electron chi connectivity index (χ1n) is 4.36. The third-order valence-corrected chi connectivity index (χ3v) is 2.57. The monoisotopic (exact) mass is 207 g/mol. The standard InChI is InChI=1S/C8H17NO3S/c1-3-9-7-8(10)5-4-6-13(2,11)12/h9H,3-7H2,1-2H3. The summed E-state index contributed by atoms with van der Waals surface area (Å²) in [5, 5.41) is 2.90. The van der Waals surface area contributed by atoms with E-state index in [0.29, 0.717) is 19.4 Å². The zero-order valence-electron chi connectivity index (χ0n) is 8.17. The molecule has 5 heteroatoms. The van der Waals surface area contributed by atoms with E-state index in [1.54, 1.807) is 0 Å². The van der Waals surface area contributed by atoms with E-state index in [0.717, 1.165) is 6.54 Å². The lowest BCUT2D eigenvalue weighted by atomic mass is 10.2. The molecule has 0 heterocycles. The molecule has 0 amide bonds. The van der Waals surface area contributed by atoms with Crippen molar-refractivity contribution in [3.05, 3.63) is 0 Å². The second-order valence-electron chi connectivity index (χ2n) is 3.05. The molecule has 0 bridgehead atoms. The number of rotatable bonds is 7. The zero-order valence-corrected chi connectivity index (χ0v) is 8.99. The SMILES string of the molecule is CCNCC(=O)CCCS(C)(=O)=O. The fraction of sp³-hybridized carbons (Fsp3) is 0.875. The summed E-state index contributed by atoms with van der Waals surface area (Å²) >= 11 is 0. The molecule has 0 atom stereocenters. The third-order valence-electron chi connectivity index (χ3n) is 1.54. The van der Waals surface area contributed by atoms with E-state index in [9.17, 15) is 13.2 Å². The lowest BCUT2D eigenvalue weighted by molar-refractivity contribution is -0.118. The normalized spacial score (nSPS) is 11.5. The Labute approximate surface area is 79.6 Å². The van der Waals surface area contributed by atoms with Gasteiger partial charge in [-0.3, -0.25) is 4.79 Å². The Morgan fingerprint density at radius 1 is 1.38 bits per heavy atom. The second kappa shape index (κ2) is 6.10. The smallest absolute Gasteiger partial charge is 0.147 e. The van der Waals surface area contributed by atoms with Gasteiger partial charge in [-0.1, -0.05) is 6.92 Å². The van der Waals surface area contributed by atoms with Crippen LogP contribution >= 0.6 is 0 Å². The molecule has 0 saturated heterocycles. The Bertz CT molecular complexity index is 246. The van der Waals surface area contributed by atoms with Gasteiger partial charge in [0.05, 0.1) is 12.3 Å². The number of nitrogens with one attached hydrogen (secondary N) is 1. The van der Waals surface area contributed by atoms with Crippen LogP contribution in [0.5, 0.6) is 0 Å². The number of carbonyl (C=O) groups excluding carboxylic acids is 1. The van der Waals surface area contributed by atoms with Crippen molar-refractivity contribution >= 4 is 15.6 Å². The molecule has 0 radical (unpaired) electrons. The van der Waals surface area contributed by atoms with Gasteiger partial charge in [0.2, 0.25) is 0 Å². The van der Waals surface area contributed by atoms with Crippen LogP contribution in [0.25, 0.3) is 0 Å². The fourth-order valence-corrected chi connectivity index (χ4v) is 1.55. The number of sulfone groups is 1.